The van der Waals surface area contributed by atoms with E-state index < -0.39 is 16.4 Å². The van der Waals surface area contributed by atoms with E-state index >= 15 is 0 Å². The van der Waals surface area contributed by atoms with Gasteiger partial charge in [0.05, 0.1) is 26.5 Å². The molecule has 0 radical (unpaired) electrons. The molecule has 0 fully saturated rings. The lowest BCUT2D eigenvalue weighted by molar-refractivity contribution is -0.162. The fraction of sp³-hybridized carbons (Fsp3) is 0.462. The molecule has 3 heterocycles. The van der Waals surface area contributed by atoms with Gasteiger partial charge in [0.2, 0.25) is 0 Å². The minimum atomic E-state index is -0.913. The molecule has 5 nitrogen and oxygen atoms in total. The zero-order chi connectivity index (χ0) is 24.1. The quantitative estimate of drug-likeness (QED) is 0.353. The van der Waals surface area contributed by atoms with E-state index in [-0.39, 0.29) is 11.4 Å². The zero-order valence-electron chi connectivity index (χ0n) is 20.1. The van der Waals surface area contributed by atoms with Gasteiger partial charge in [0.25, 0.3) is 0 Å². The fourth-order valence-electron chi connectivity index (χ4n) is 5.72. The average Bonchev–Trinajstić information content (AvgIpc) is 3.04. The smallest absolute Gasteiger partial charge is 0.322 e. The third kappa shape index (κ3) is 3.05. The van der Waals surface area contributed by atoms with Gasteiger partial charge in [-0.2, -0.15) is 0 Å². The van der Waals surface area contributed by atoms with Gasteiger partial charge in [0.15, 0.2) is 0 Å². The van der Waals surface area contributed by atoms with E-state index in [1.165, 1.54) is 5.57 Å². The largest absolute Gasteiger partial charge is 0.459 e. The summed E-state index contributed by atoms with van der Waals surface area (Å²) in [6.07, 6.45) is 8.41. The molecule has 1 aromatic heterocycles. The van der Waals surface area contributed by atoms with E-state index in [2.05, 4.69) is 35.5 Å². The first kappa shape index (κ1) is 22.5. The van der Waals surface area contributed by atoms with Gasteiger partial charge in [0.1, 0.15) is 16.8 Å². The molecule has 0 bridgehead atoms. The first-order valence-electron chi connectivity index (χ1n) is 11.2. The minimum absolute atomic E-state index is 0.252. The highest BCUT2D eigenvalue weighted by Gasteiger charge is 2.57. The maximum atomic E-state index is 13.5. The Kier molecular flexibility index (Phi) is 4.56. The molecule has 2 aromatic rings. The van der Waals surface area contributed by atoms with Crippen LogP contribution in [0.15, 0.2) is 47.8 Å². The molecule has 3 unspecified atom stereocenters. The van der Waals surface area contributed by atoms with Crippen LogP contribution in [0.1, 0.15) is 47.4 Å². The highest BCUT2D eigenvalue weighted by Crippen LogP contribution is 2.59. The predicted octanol–water partition coefficient (Wildman–Crippen LogP) is 6.25. The van der Waals surface area contributed by atoms with E-state index in [1.54, 1.807) is 0 Å². The van der Waals surface area contributed by atoms with Gasteiger partial charge in [0, 0.05) is 30.9 Å². The van der Waals surface area contributed by atoms with Crippen molar-refractivity contribution < 1.29 is 9.53 Å². The molecule has 3 aliphatic rings. The van der Waals surface area contributed by atoms with E-state index in [1.807, 2.05) is 59.2 Å². The Morgan fingerprint density at radius 2 is 1.76 bits per heavy atom. The molecule has 1 aliphatic carbocycles. The summed E-state index contributed by atoms with van der Waals surface area (Å²) in [4.78, 5) is 20.6. The first-order chi connectivity index (χ1) is 15.2. The van der Waals surface area contributed by atoms with Gasteiger partial charge in [-0.05, 0) is 52.3 Å². The summed E-state index contributed by atoms with van der Waals surface area (Å²) in [6.45, 7) is 12.7. The second kappa shape index (κ2) is 6.67. The number of allylic oxidation sites excluding steroid dienone is 3. The van der Waals surface area contributed by atoms with E-state index in [0.717, 1.165) is 22.6 Å². The molecule has 0 spiro atoms. The number of esters is 1. The molecule has 0 saturated carbocycles. The van der Waals surface area contributed by atoms with Crippen LogP contribution in [-0.2, 0) is 21.5 Å². The molecule has 2 aliphatic heterocycles. The lowest BCUT2D eigenvalue weighted by atomic mass is 9.57. The van der Waals surface area contributed by atoms with Crippen LogP contribution in [0.2, 0.25) is 10.0 Å². The van der Waals surface area contributed by atoms with Crippen molar-refractivity contribution in [1.29, 1.82) is 0 Å². The zero-order valence-corrected chi connectivity index (χ0v) is 21.6. The molecule has 5 rings (SSSR count). The Balaban J connectivity index is 1.79. The van der Waals surface area contributed by atoms with Gasteiger partial charge in [-0.25, -0.2) is 4.98 Å². The number of ether oxygens (including phenoxy) is 1. The van der Waals surface area contributed by atoms with Crippen molar-refractivity contribution in [3.63, 3.8) is 0 Å². The summed E-state index contributed by atoms with van der Waals surface area (Å²) in [6, 6.07) is 3.72. The van der Waals surface area contributed by atoms with Crippen molar-refractivity contribution in [1.82, 2.24) is 14.5 Å². The highest BCUT2D eigenvalue weighted by atomic mass is 35.5. The summed E-state index contributed by atoms with van der Waals surface area (Å²) >= 11 is 12.7. The van der Waals surface area contributed by atoms with Gasteiger partial charge in [-0.1, -0.05) is 48.4 Å². The number of halogens is 2. The summed E-state index contributed by atoms with van der Waals surface area (Å²) in [5, 5.41) is 1.00. The maximum Gasteiger partial charge on any atom is 0.322 e. The third-order valence-corrected chi connectivity index (χ3v) is 7.87. The van der Waals surface area contributed by atoms with Gasteiger partial charge >= 0.3 is 5.97 Å². The minimum Gasteiger partial charge on any atom is -0.459 e. The van der Waals surface area contributed by atoms with Crippen molar-refractivity contribution in [2.24, 2.45) is 10.8 Å². The van der Waals surface area contributed by atoms with Crippen LogP contribution >= 0.6 is 23.2 Å². The lowest BCUT2D eigenvalue weighted by Crippen LogP contribution is -2.52. The molecule has 3 atom stereocenters. The van der Waals surface area contributed by atoms with Gasteiger partial charge < -0.3 is 14.2 Å². The van der Waals surface area contributed by atoms with Crippen LogP contribution in [0, 0.1) is 10.8 Å². The number of fused-ring (bicyclic) bond motifs is 4. The molecular weight excluding hydrogens is 457 g/mol. The normalized spacial score (nSPS) is 30.5. The van der Waals surface area contributed by atoms with Crippen molar-refractivity contribution in [3.8, 4) is 0 Å². The lowest BCUT2D eigenvalue weighted by Gasteiger charge is -2.54. The molecule has 0 saturated heterocycles. The third-order valence-electron chi connectivity index (χ3n) is 7.15. The van der Waals surface area contributed by atoms with E-state index in [0.29, 0.717) is 16.6 Å². The average molecular weight is 486 g/mol. The monoisotopic (exact) mass is 485 g/mol. The first-order valence-corrected chi connectivity index (χ1v) is 11.9. The molecule has 174 valence electrons. The van der Waals surface area contributed by atoms with Crippen molar-refractivity contribution in [3.05, 3.63) is 63.7 Å². The van der Waals surface area contributed by atoms with Crippen LogP contribution < -0.4 is 0 Å². The number of imidazole rings is 1. The van der Waals surface area contributed by atoms with Crippen molar-refractivity contribution in [2.45, 2.75) is 59.1 Å². The van der Waals surface area contributed by atoms with Crippen LogP contribution in [0.25, 0.3) is 11.0 Å². The summed E-state index contributed by atoms with van der Waals surface area (Å²) in [5.41, 5.74) is 1.59. The fourth-order valence-corrected chi connectivity index (χ4v) is 6.03. The highest BCUT2D eigenvalue weighted by molar-refractivity contribution is 6.42. The van der Waals surface area contributed by atoms with Crippen LogP contribution in [0.4, 0.5) is 0 Å². The number of carbonyl (C=O) groups excluding carboxylic acids is 1. The second-order valence-corrected chi connectivity index (χ2v) is 11.9. The molecule has 1 aromatic carbocycles. The van der Waals surface area contributed by atoms with Crippen molar-refractivity contribution in [2.75, 3.05) is 7.05 Å². The Morgan fingerprint density at radius 1 is 1.09 bits per heavy atom. The number of nitrogens with zero attached hydrogens (tertiary/aromatic N) is 3. The predicted molar refractivity (Wildman–Crippen MR) is 132 cm³/mol. The van der Waals surface area contributed by atoms with Gasteiger partial charge in [-0.3, -0.25) is 4.79 Å². The second-order valence-electron chi connectivity index (χ2n) is 11.1. The number of rotatable bonds is 1. The number of hydrogen-bond donors (Lipinski definition) is 0. The summed E-state index contributed by atoms with van der Waals surface area (Å²) in [5.74, 6) is 0.671. The standard InChI is InChI=1S/C26H29Cl2N3O2/c1-23(2,3)33-22(32)26(6)9-8-24(4)14-31-18-13-16(28)15(27)12-17(18)29-21(31)25(5)10-11-30(7)20(26)19(24)25/h8-13H,14H2,1-7H3. The van der Waals surface area contributed by atoms with E-state index in [9.17, 15) is 4.79 Å². The molecular formula is C26H29Cl2N3O2. The summed E-state index contributed by atoms with van der Waals surface area (Å²) in [7, 11) is 2.00. The Morgan fingerprint density at radius 3 is 2.42 bits per heavy atom. The SMILES string of the molecule is CN1C=CC2(C)C3=C1C(C)(C(=O)OC(C)(C)C)C=CC3(C)Cn1c2nc2cc(Cl)c(Cl)cc21. The topological polar surface area (TPSA) is 47.4 Å². The number of benzene rings is 1. The molecule has 33 heavy (non-hydrogen) atoms. The molecule has 0 N–H and O–H groups in total. The van der Waals surface area contributed by atoms with Crippen LogP contribution in [0.5, 0.6) is 0 Å². The Hall–Kier alpha value is -2.24. The van der Waals surface area contributed by atoms with Crippen LogP contribution in [-0.4, -0.2) is 33.1 Å². The van der Waals surface area contributed by atoms with Crippen molar-refractivity contribution >= 4 is 40.2 Å². The van der Waals surface area contributed by atoms with Crippen LogP contribution in [0.3, 0.4) is 0 Å². The maximum absolute atomic E-state index is 13.5. The van der Waals surface area contributed by atoms with Gasteiger partial charge in [-0.15, -0.1) is 0 Å². The number of hydrogen-bond acceptors (Lipinski definition) is 4. The van der Waals surface area contributed by atoms with E-state index in [4.69, 9.17) is 32.9 Å². The summed E-state index contributed by atoms with van der Waals surface area (Å²) < 4.78 is 8.13. The Labute approximate surface area is 204 Å². The molecule has 0 amide bonds. The number of aromatic nitrogens is 2. The Bertz CT molecular complexity index is 1320. The number of carbonyl (C=O) groups is 1. The molecule has 7 heteroatoms.